The molecule has 1 aliphatic heterocycles. The SMILES string of the molecule is O=C(OC1C2CC3C1OC(=O)C3C2C(=O)Oc1ccc(S(=O)(=O)[O-])cc1)c1ccccc1I. The highest BCUT2D eigenvalue weighted by molar-refractivity contribution is 14.1. The fourth-order valence-corrected chi connectivity index (χ4v) is 6.22. The first-order valence-electron chi connectivity index (χ1n) is 10.1. The molecule has 0 amide bonds. The Bertz CT molecular complexity index is 1260. The molecule has 33 heavy (non-hydrogen) atoms. The quantitative estimate of drug-likeness (QED) is 0.225. The number of carbonyl (C=O) groups is 3. The lowest BCUT2D eigenvalue weighted by Crippen LogP contribution is -2.44. The lowest BCUT2D eigenvalue weighted by molar-refractivity contribution is -0.149. The molecule has 6 atom stereocenters. The minimum absolute atomic E-state index is 0.0328. The van der Waals surface area contributed by atoms with E-state index in [1.165, 1.54) is 12.1 Å². The summed E-state index contributed by atoms with van der Waals surface area (Å²) in [5.74, 6) is -3.98. The van der Waals surface area contributed by atoms with Crippen molar-refractivity contribution >= 4 is 50.6 Å². The second kappa shape index (κ2) is 8.06. The van der Waals surface area contributed by atoms with Crippen molar-refractivity contribution in [2.45, 2.75) is 23.5 Å². The second-order valence-electron chi connectivity index (χ2n) is 8.21. The van der Waals surface area contributed by atoms with Crippen molar-refractivity contribution in [3.63, 3.8) is 0 Å². The maximum Gasteiger partial charge on any atom is 0.339 e. The van der Waals surface area contributed by atoms with Crippen molar-refractivity contribution in [3.05, 3.63) is 57.7 Å². The summed E-state index contributed by atoms with van der Waals surface area (Å²) in [6, 6.07) is 11.4. The fourth-order valence-electron chi connectivity index (χ4n) is 5.14. The van der Waals surface area contributed by atoms with Crippen LogP contribution in [0.4, 0.5) is 0 Å². The van der Waals surface area contributed by atoms with Crippen molar-refractivity contribution in [2.75, 3.05) is 0 Å². The van der Waals surface area contributed by atoms with Crippen LogP contribution in [0.2, 0.25) is 0 Å². The standard InChI is InChI=1S/C22H17IO9S/c23-15-4-2-1-3-12(15)20(24)31-18-13-9-14-17(22(26)32-19(14)18)16(13)21(25)30-10-5-7-11(8-6-10)33(27,28)29/h1-8,13-14,16-19H,9H2,(H,27,28,29)/p-1. The maximum atomic E-state index is 13.0. The van der Waals surface area contributed by atoms with E-state index in [0.717, 1.165) is 12.1 Å². The summed E-state index contributed by atoms with van der Waals surface area (Å²) in [6.45, 7) is 0. The van der Waals surface area contributed by atoms with Crippen molar-refractivity contribution in [1.29, 1.82) is 0 Å². The third-order valence-corrected chi connectivity index (χ3v) is 8.28. The van der Waals surface area contributed by atoms with Gasteiger partial charge in [0.05, 0.1) is 22.3 Å². The Balaban J connectivity index is 1.36. The van der Waals surface area contributed by atoms with E-state index in [9.17, 15) is 27.4 Å². The smallest absolute Gasteiger partial charge is 0.339 e. The van der Waals surface area contributed by atoms with Gasteiger partial charge in [-0.3, -0.25) is 9.59 Å². The summed E-state index contributed by atoms with van der Waals surface area (Å²) in [7, 11) is -4.63. The number of carbonyl (C=O) groups excluding carboxylic acids is 3. The van der Waals surface area contributed by atoms with Crippen LogP contribution in [-0.4, -0.2) is 43.1 Å². The Morgan fingerprint density at radius 3 is 2.42 bits per heavy atom. The van der Waals surface area contributed by atoms with Crippen molar-refractivity contribution in [1.82, 2.24) is 0 Å². The predicted molar refractivity (Wildman–Crippen MR) is 117 cm³/mol. The van der Waals surface area contributed by atoms with Crippen LogP contribution in [-0.2, 0) is 29.2 Å². The normalized spacial score (nSPS) is 29.6. The number of esters is 3. The largest absolute Gasteiger partial charge is 0.744 e. The molecule has 0 spiro atoms. The summed E-state index contributed by atoms with van der Waals surface area (Å²) in [5.41, 5.74) is 0.384. The van der Waals surface area contributed by atoms with Crippen LogP contribution < -0.4 is 4.74 Å². The molecule has 11 heteroatoms. The van der Waals surface area contributed by atoms with Gasteiger partial charge < -0.3 is 18.8 Å². The molecule has 3 fully saturated rings. The molecule has 2 bridgehead atoms. The molecule has 9 nitrogen and oxygen atoms in total. The molecular weight excluding hydrogens is 567 g/mol. The van der Waals surface area contributed by atoms with Gasteiger partial charge in [0.1, 0.15) is 28.1 Å². The number of hydrogen-bond acceptors (Lipinski definition) is 9. The van der Waals surface area contributed by atoms with E-state index in [1.54, 1.807) is 24.3 Å². The molecule has 2 aromatic rings. The van der Waals surface area contributed by atoms with Crippen molar-refractivity contribution < 1.29 is 41.6 Å². The lowest BCUT2D eigenvalue weighted by atomic mass is 9.78. The molecule has 2 aliphatic carbocycles. The summed E-state index contributed by atoms with van der Waals surface area (Å²) >= 11 is 2.03. The van der Waals surface area contributed by atoms with Gasteiger partial charge in [-0.1, -0.05) is 12.1 Å². The van der Waals surface area contributed by atoms with Crippen molar-refractivity contribution in [3.8, 4) is 5.75 Å². The van der Waals surface area contributed by atoms with E-state index in [1.807, 2.05) is 22.6 Å². The van der Waals surface area contributed by atoms with Gasteiger partial charge in [0.2, 0.25) is 0 Å². The zero-order chi connectivity index (χ0) is 23.5. The number of benzene rings is 2. The monoisotopic (exact) mass is 583 g/mol. The highest BCUT2D eigenvalue weighted by Gasteiger charge is 2.70. The molecule has 1 heterocycles. The Morgan fingerprint density at radius 1 is 1.06 bits per heavy atom. The average Bonchev–Trinajstić information content (AvgIpc) is 3.37. The Hall–Kier alpha value is -2.51. The van der Waals surface area contributed by atoms with E-state index in [2.05, 4.69) is 0 Å². The van der Waals surface area contributed by atoms with E-state index in [4.69, 9.17) is 14.2 Å². The average molecular weight is 583 g/mol. The van der Waals surface area contributed by atoms with Gasteiger partial charge in [0.15, 0.2) is 0 Å². The van der Waals surface area contributed by atoms with Crippen molar-refractivity contribution in [2.24, 2.45) is 23.7 Å². The molecule has 1 saturated heterocycles. The first kappa shape index (κ1) is 22.3. The van der Waals surface area contributed by atoms with Gasteiger partial charge in [-0.05, 0) is 65.4 Å². The maximum absolute atomic E-state index is 13.0. The Morgan fingerprint density at radius 2 is 1.76 bits per heavy atom. The molecule has 2 aromatic carbocycles. The second-order valence-corrected chi connectivity index (χ2v) is 10.8. The van der Waals surface area contributed by atoms with E-state index in [0.29, 0.717) is 15.6 Å². The number of ether oxygens (including phenoxy) is 3. The van der Waals surface area contributed by atoms with Crippen LogP contribution in [0, 0.1) is 27.2 Å². The number of rotatable bonds is 5. The highest BCUT2D eigenvalue weighted by atomic mass is 127. The molecule has 172 valence electrons. The van der Waals surface area contributed by atoms with Gasteiger partial charge in [0, 0.05) is 15.4 Å². The zero-order valence-electron chi connectivity index (χ0n) is 16.8. The molecule has 3 aliphatic rings. The van der Waals surface area contributed by atoms with E-state index in [-0.39, 0.29) is 11.7 Å². The summed E-state index contributed by atoms with van der Waals surface area (Å²) in [6.07, 6.45) is -0.881. The first-order chi connectivity index (χ1) is 15.6. The van der Waals surface area contributed by atoms with Gasteiger partial charge in [0.25, 0.3) is 0 Å². The van der Waals surface area contributed by atoms with E-state index < -0.39 is 62.9 Å². The zero-order valence-corrected chi connectivity index (χ0v) is 19.7. The Labute approximate surface area is 202 Å². The topological polar surface area (TPSA) is 136 Å². The number of hydrogen-bond donors (Lipinski definition) is 0. The summed E-state index contributed by atoms with van der Waals surface area (Å²) < 4.78 is 50.5. The molecule has 0 aromatic heterocycles. The first-order valence-corrected chi connectivity index (χ1v) is 12.6. The minimum atomic E-state index is -4.63. The molecule has 0 radical (unpaired) electrons. The van der Waals surface area contributed by atoms with Gasteiger partial charge >= 0.3 is 17.9 Å². The van der Waals surface area contributed by atoms with Crippen LogP contribution in [0.5, 0.6) is 5.75 Å². The summed E-state index contributed by atoms with van der Waals surface area (Å²) in [5, 5.41) is 0. The third-order valence-electron chi connectivity index (χ3n) is 6.49. The molecular formula is C22H16IO9S-. The summed E-state index contributed by atoms with van der Waals surface area (Å²) in [4.78, 5) is 37.8. The lowest BCUT2D eigenvalue weighted by Gasteiger charge is -2.30. The molecule has 2 saturated carbocycles. The van der Waals surface area contributed by atoms with Gasteiger partial charge in [-0.25, -0.2) is 13.2 Å². The molecule has 6 unspecified atom stereocenters. The van der Waals surface area contributed by atoms with Gasteiger partial charge in [-0.2, -0.15) is 0 Å². The van der Waals surface area contributed by atoms with Crippen LogP contribution in [0.25, 0.3) is 0 Å². The number of fused-ring (bicyclic) bond motifs is 1. The highest BCUT2D eigenvalue weighted by Crippen LogP contribution is 2.59. The van der Waals surface area contributed by atoms with Crippen LogP contribution in [0.1, 0.15) is 16.8 Å². The predicted octanol–water partition coefficient (Wildman–Crippen LogP) is 2.13. The third kappa shape index (κ3) is 3.81. The van der Waals surface area contributed by atoms with Crippen LogP contribution in [0.3, 0.4) is 0 Å². The molecule has 5 rings (SSSR count). The minimum Gasteiger partial charge on any atom is -0.744 e. The Kier molecular flexibility index (Phi) is 5.45. The molecule has 0 N–H and O–H groups in total. The van der Waals surface area contributed by atoms with Crippen LogP contribution >= 0.6 is 22.6 Å². The van der Waals surface area contributed by atoms with E-state index >= 15 is 0 Å². The fraction of sp³-hybridized carbons (Fsp3) is 0.318. The van der Waals surface area contributed by atoms with Crippen LogP contribution in [0.15, 0.2) is 53.4 Å². The van der Waals surface area contributed by atoms with Gasteiger partial charge in [-0.15, -0.1) is 0 Å². The number of halogens is 1.